The van der Waals surface area contributed by atoms with Crippen molar-refractivity contribution in [2.45, 2.75) is 57.6 Å². The fourth-order valence-corrected chi connectivity index (χ4v) is 3.82. The molecule has 1 N–H and O–H groups in total. The molecule has 4 nitrogen and oxygen atoms in total. The Morgan fingerprint density at radius 2 is 1.88 bits per heavy atom. The predicted octanol–water partition coefficient (Wildman–Crippen LogP) is 4.38. The van der Waals surface area contributed by atoms with Crippen LogP contribution in [0.3, 0.4) is 0 Å². The molecule has 25 heavy (non-hydrogen) atoms. The van der Waals surface area contributed by atoms with E-state index in [0.29, 0.717) is 17.9 Å². The van der Waals surface area contributed by atoms with E-state index in [0.717, 1.165) is 32.5 Å². The first-order valence-electron chi connectivity index (χ1n) is 9.28. The van der Waals surface area contributed by atoms with Gasteiger partial charge in [0, 0.05) is 28.6 Å². The van der Waals surface area contributed by atoms with E-state index in [4.69, 9.17) is 4.74 Å². The Balaban J connectivity index is 1.36. The van der Waals surface area contributed by atoms with Crippen LogP contribution in [0.2, 0.25) is 0 Å². The first-order valence-corrected chi connectivity index (χ1v) is 10.4. The molecular weight excluding hydrogens is 427 g/mol. The maximum absolute atomic E-state index is 12.1. The van der Waals surface area contributed by atoms with Crippen LogP contribution < -0.4 is 5.32 Å². The van der Waals surface area contributed by atoms with E-state index in [1.165, 1.54) is 15.6 Å². The summed E-state index contributed by atoms with van der Waals surface area (Å²) >= 11 is 2.35. The standard InChI is InChI=1S/C20H29IN2O2/c1-20(2,3)25-19(24)23-10-8-14(9-11-23)13-22-18-12-17(18)15-4-6-16(21)7-5-15/h4-7,14,17-18,22H,8-13H2,1-3H3. The molecule has 5 heteroatoms. The van der Waals surface area contributed by atoms with Gasteiger partial charge in [-0.25, -0.2) is 4.79 Å². The number of likely N-dealkylation sites (tertiary alicyclic amines) is 1. The first kappa shape index (κ1) is 19.0. The summed E-state index contributed by atoms with van der Waals surface area (Å²) in [6.45, 7) is 8.44. The van der Waals surface area contributed by atoms with E-state index in [1.54, 1.807) is 0 Å². The zero-order valence-corrected chi connectivity index (χ0v) is 17.6. The van der Waals surface area contributed by atoms with Gasteiger partial charge in [0.25, 0.3) is 0 Å². The number of piperidine rings is 1. The van der Waals surface area contributed by atoms with Crippen LogP contribution in [0.25, 0.3) is 0 Å². The smallest absolute Gasteiger partial charge is 0.410 e. The number of hydrogen-bond donors (Lipinski definition) is 1. The Labute approximate surface area is 164 Å². The number of rotatable bonds is 4. The van der Waals surface area contributed by atoms with Gasteiger partial charge in [0.05, 0.1) is 0 Å². The van der Waals surface area contributed by atoms with E-state index < -0.39 is 5.60 Å². The number of halogens is 1. The second-order valence-corrected chi connectivity index (χ2v) is 9.56. The summed E-state index contributed by atoms with van der Waals surface area (Å²) in [6.07, 6.45) is 3.21. The lowest BCUT2D eigenvalue weighted by molar-refractivity contribution is 0.0184. The van der Waals surface area contributed by atoms with Crippen LogP contribution in [0.5, 0.6) is 0 Å². The van der Waals surface area contributed by atoms with E-state index >= 15 is 0 Å². The van der Waals surface area contributed by atoms with Gasteiger partial charge >= 0.3 is 6.09 Å². The summed E-state index contributed by atoms with van der Waals surface area (Å²) < 4.78 is 6.76. The topological polar surface area (TPSA) is 41.6 Å². The van der Waals surface area contributed by atoms with Gasteiger partial charge in [-0.2, -0.15) is 0 Å². The van der Waals surface area contributed by atoms with Gasteiger partial charge < -0.3 is 15.0 Å². The van der Waals surface area contributed by atoms with Crippen molar-refractivity contribution in [2.75, 3.05) is 19.6 Å². The molecule has 2 atom stereocenters. The monoisotopic (exact) mass is 456 g/mol. The van der Waals surface area contributed by atoms with Gasteiger partial charge in [0.1, 0.15) is 5.60 Å². The minimum atomic E-state index is -0.411. The number of benzene rings is 1. The molecule has 1 heterocycles. The van der Waals surface area contributed by atoms with E-state index in [9.17, 15) is 4.79 Å². The SMILES string of the molecule is CC(C)(C)OC(=O)N1CCC(CNC2CC2c2ccc(I)cc2)CC1. The number of carbonyl (C=O) groups excluding carboxylic acids is 1. The highest BCUT2D eigenvalue weighted by molar-refractivity contribution is 14.1. The Morgan fingerprint density at radius 3 is 2.48 bits per heavy atom. The Morgan fingerprint density at radius 1 is 1.24 bits per heavy atom. The van der Waals surface area contributed by atoms with Gasteiger partial charge in [-0.15, -0.1) is 0 Å². The minimum Gasteiger partial charge on any atom is -0.444 e. The van der Waals surface area contributed by atoms with Crippen molar-refractivity contribution in [1.82, 2.24) is 10.2 Å². The third kappa shape index (κ3) is 5.58. The fraction of sp³-hybridized carbons (Fsp3) is 0.650. The molecule has 0 aromatic heterocycles. The van der Waals surface area contributed by atoms with Crippen LogP contribution >= 0.6 is 22.6 Å². The molecule has 1 aliphatic heterocycles. The van der Waals surface area contributed by atoms with Crippen molar-refractivity contribution in [3.05, 3.63) is 33.4 Å². The third-order valence-corrected chi connectivity index (χ3v) is 5.74. The maximum Gasteiger partial charge on any atom is 0.410 e. The summed E-state index contributed by atoms with van der Waals surface area (Å²) in [4.78, 5) is 14.0. The number of nitrogens with one attached hydrogen (secondary N) is 1. The van der Waals surface area contributed by atoms with Crippen molar-refractivity contribution in [1.29, 1.82) is 0 Å². The zero-order valence-electron chi connectivity index (χ0n) is 15.4. The second kappa shape index (κ2) is 7.82. The Bertz CT molecular complexity index is 589. The summed E-state index contributed by atoms with van der Waals surface area (Å²) in [5.41, 5.74) is 1.05. The number of nitrogens with zero attached hydrogens (tertiary/aromatic N) is 1. The highest BCUT2D eigenvalue weighted by Gasteiger charge is 2.38. The van der Waals surface area contributed by atoms with Gasteiger partial charge in [0.15, 0.2) is 0 Å². The number of amides is 1. The fourth-order valence-electron chi connectivity index (χ4n) is 3.46. The predicted molar refractivity (Wildman–Crippen MR) is 109 cm³/mol. The average molecular weight is 456 g/mol. The Kier molecular flexibility index (Phi) is 5.93. The van der Waals surface area contributed by atoms with Crippen LogP contribution in [-0.2, 0) is 4.74 Å². The van der Waals surface area contributed by atoms with Gasteiger partial charge in [-0.1, -0.05) is 12.1 Å². The lowest BCUT2D eigenvalue weighted by atomic mass is 9.97. The molecule has 2 aliphatic rings. The molecule has 1 amide bonds. The van der Waals surface area contributed by atoms with E-state index in [-0.39, 0.29) is 6.09 Å². The molecule has 0 spiro atoms. The van der Waals surface area contributed by atoms with Crippen molar-refractivity contribution in [3.63, 3.8) is 0 Å². The van der Waals surface area contributed by atoms with Crippen molar-refractivity contribution >= 4 is 28.7 Å². The third-order valence-electron chi connectivity index (χ3n) is 5.02. The summed E-state index contributed by atoms with van der Waals surface area (Å²) in [7, 11) is 0. The highest BCUT2D eigenvalue weighted by atomic mass is 127. The number of hydrogen-bond acceptors (Lipinski definition) is 3. The van der Waals surface area contributed by atoms with Crippen LogP contribution in [-0.4, -0.2) is 42.3 Å². The molecule has 1 aromatic rings. The second-order valence-electron chi connectivity index (χ2n) is 8.32. The minimum absolute atomic E-state index is 0.167. The lowest BCUT2D eigenvalue weighted by Crippen LogP contribution is -2.43. The highest BCUT2D eigenvalue weighted by Crippen LogP contribution is 2.41. The van der Waals surface area contributed by atoms with Gasteiger partial charge in [-0.3, -0.25) is 0 Å². The molecule has 2 fully saturated rings. The molecule has 1 aromatic carbocycles. The molecule has 1 saturated carbocycles. The van der Waals surface area contributed by atoms with E-state index in [2.05, 4.69) is 52.2 Å². The van der Waals surface area contributed by atoms with Crippen molar-refractivity contribution in [2.24, 2.45) is 5.92 Å². The molecular formula is C20H29IN2O2. The lowest BCUT2D eigenvalue weighted by Gasteiger charge is -2.33. The molecule has 1 saturated heterocycles. The number of ether oxygens (including phenoxy) is 1. The average Bonchev–Trinajstić information content (AvgIpc) is 3.32. The molecule has 1 aliphatic carbocycles. The van der Waals surface area contributed by atoms with Crippen molar-refractivity contribution < 1.29 is 9.53 Å². The van der Waals surface area contributed by atoms with E-state index in [1.807, 2.05) is 25.7 Å². The summed E-state index contributed by atoms with van der Waals surface area (Å²) in [5, 5.41) is 3.74. The van der Waals surface area contributed by atoms with Crippen LogP contribution in [0.1, 0.15) is 51.5 Å². The molecule has 2 unspecified atom stereocenters. The molecule has 0 bridgehead atoms. The zero-order chi connectivity index (χ0) is 18.0. The Hall–Kier alpha value is -0.820. The first-order chi connectivity index (χ1) is 11.8. The van der Waals surface area contributed by atoms with Crippen LogP contribution in [0.15, 0.2) is 24.3 Å². The molecule has 138 valence electrons. The van der Waals surface area contributed by atoms with Gasteiger partial charge in [-0.05, 0) is 92.8 Å². The quantitative estimate of drug-likeness (QED) is 0.684. The van der Waals surface area contributed by atoms with Crippen LogP contribution in [0, 0.1) is 9.49 Å². The molecule has 3 rings (SSSR count). The van der Waals surface area contributed by atoms with Gasteiger partial charge in [0.2, 0.25) is 0 Å². The number of carbonyl (C=O) groups is 1. The van der Waals surface area contributed by atoms with Crippen LogP contribution in [0.4, 0.5) is 4.79 Å². The normalized spacial score (nSPS) is 24.2. The molecule has 0 radical (unpaired) electrons. The van der Waals surface area contributed by atoms with Crippen molar-refractivity contribution in [3.8, 4) is 0 Å². The maximum atomic E-state index is 12.1. The largest absolute Gasteiger partial charge is 0.444 e. The summed E-state index contributed by atoms with van der Waals surface area (Å²) in [5.74, 6) is 1.34. The summed E-state index contributed by atoms with van der Waals surface area (Å²) in [6, 6.07) is 9.53.